The third-order valence-corrected chi connectivity index (χ3v) is 5.57. The second-order valence-electron chi connectivity index (χ2n) is 7.15. The molecule has 0 amide bonds. The van der Waals surface area contributed by atoms with Crippen LogP contribution in [0.3, 0.4) is 0 Å². The first-order chi connectivity index (χ1) is 13.3. The van der Waals surface area contributed by atoms with E-state index < -0.39 is 0 Å². The number of ether oxygens (including phenoxy) is 1. The number of nitrogens with one attached hydrogen (secondary N) is 2. The maximum atomic E-state index is 6.32. The molecular weight excluding hydrogens is 362 g/mol. The molecular formula is C20H32ClN5O. The van der Waals surface area contributed by atoms with Crippen molar-refractivity contribution in [1.82, 2.24) is 15.5 Å². The van der Waals surface area contributed by atoms with Crippen LogP contribution in [0, 0.1) is 0 Å². The molecule has 0 spiro atoms. The second-order valence-corrected chi connectivity index (χ2v) is 7.56. The monoisotopic (exact) mass is 393 g/mol. The first-order valence-corrected chi connectivity index (χ1v) is 10.4. The Morgan fingerprint density at radius 2 is 2.04 bits per heavy atom. The molecule has 1 aromatic carbocycles. The van der Waals surface area contributed by atoms with Gasteiger partial charge in [0.15, 0.2) is 5.96 Å². The van der Waals surface area contributed by atoms with Crippen LogP contribution in [0.4, 0.5) is 5.69 Å². The number of para-hydroxylation sites is 1. The summed E-state index contributed by atoms with van der Waals surface area (Å²) in [7, 11) is 1.82. The van der Waals surface area contributed by atoms with Gasteiger partial charge in [-0.15, -0.1) is 0 Å². The minimum Gasteiger partial charge on any atom is -0.376 e. The summed E-state index contributed by atoms with van der Waals surface area (Å²) in [5.41, 5.74) is 1.15. The van der Waals surface area contributed by atoms with Gasteiger partial charge in [-0.2, -0.15) is 0 Å². The van der Waals surface area contributed by atoms with E-state index in [1.165, 1.54) is 6.42 Å². The molecule has 0 aromatic heterocycles. The van der Waals surface area contributed by atoms with E-state index in [9.17, 15) is 0 Å². The van der Waals surface area contributed by atoms with Crippen molar-refractivity contribution in [2.45, 2.75) is 25.4 Å². The van der Waals surface area contributed by atoms with E-state index >= 15 is 0 Å². The molecule has 1 atom stereocenters. The molecule has 2 fully saturated rings. The summed E-state index contributed by atoms with van der Waals surface area (Å²) in [4.78, 5) is 9.20. The second kappa shape index (κ2) is 10.7. The lowest BCUT2D eigenvalue weighted by atomic mass is 10.2. The van der Waals surface area contributed by atoms with Crippen molar-refractivity contribution >= 4 is 23.2 Å². The van der Waals surface area contributed by atoms with Crippen molar-refractivity contribution in [3.63, 3.8) is 0 Å². The van der Waals surface area contributed by atoms with Crippen molar-refractivity contribution in [1.29, 1.82) is 0 Å². The quantitative estimate of drug-likeness (QED) is 0.422. The van der Waals surface area contributed by atoms with Gasteiger partial charge in [-0.1, -0.05) is 23.7 Å². The van der Waals surface area contributed by atoms with Crippen LogP contribution in [0.25, 0.3) is 0 Å². The lowest BCUT2D eigenvalue weighted by molar-refractivity contribution is 0.114. The Morgan fingerprint density at radius 1 is 1.22 bits per heavy atom. The molecule has 150 valence electrons. The summed E-state index contributed by atoms with van der Waals surface area (Å²) in [5.74, 6) is 0.869. The number of hydrogen-bond donors (Lipinski definition) is 2. The highest BCUT2D eigenvalue weighted by molar-refractivity contribution is 6.33. The predicted octanol–water partition coefficient (Wildman–Crippen LogP) is 2.20. The Bertz CT molecular complexity index is 598. The zero-order valence-corrected chi connectivity index (χ0v) is 17.0. The zero-order valence-electron chi connectivity index (χ0n) is 16.3. The van der Waals surface area contributed by atoms with Crippen LogP contribution in [0.15, 0.2) is 29.3 Å². The fourth-order valence-electron chi connectivity index (χ4n) is 3.67. The van der Waals surface area contributed by atoms with Crippen LogP contribution in [-0.4, -0.2) is 76.4 Å². The smallest absolute Gasteiger partial charge is 0.191 e. The molecule has 7 heteroatoms. The minimum absolute atomic E-state index is 0.331. The minimum atomic E-state index is 0.331. The molecule has 0 saturated carbocycles. The van der Waals surface area contributed by atoms with Crippen molar-refractivity contribution < 1.29 is 4.74 Å². The van der Waals surface area contributed by atoms with E-state index in [-0.39, 0.29) is 0 Å². The highest BCUT2D eigenvalue weighted by Crippen LogP contribution is 2.25. The molecule has 2 N–H and O–H groups in total. The molecule has 0 bridgehead atoms. The highest BCUT2D eigenvalue weighted by atomic mass is 35.5. The average molecular weight is 394 g/mol. The molecule has 2 saturated heterocycles. The van der Waals surface area contributed by atoms with Gasteiger partial charge in [-0.25, -0.2) is 0 Å². The molecule has 1 aromatic rings. The van der Waals surface area contributed by atoms with Crippen LogP contribution < -0.4 is 15.5 Å². The average Bonchev–Trinajstić information content (AvgIpc) is 3.22. The van der Waals surface area contributed by atoms with Gasteiger partial charge in [0, 0.05) is 52.9 Å². The molecule has 3 rings (SSSR count). The maximum absolute atomic E-state index is 6.32. The van der Waals surface area contributed by atoms with Crippen LogP contribution in [0.1, 0.15) is 19.3 Å². The number of hydrogen-bond acceptors (Lipinski definition) is 4. The first-order valence-electron chi connectivity index (χ1n) is 10.0. The normalized spacial score (nSPS) is 21.5. The summed E-state index contributed by atoms with van der Waals surface area (Å²) in [5, 5.41) is 7.61. The van der Waals surface area contributed by atoms with Gasteiger partial charge in [-0.05, 0) is 37.9 Å². The molecule has 2 aliphatic heterocycles. The van der Waals surface area contributed by atoms with E-state index in [2.05, 4.69) is 37.6 Å². The summed E-state index contributed by atoms with van der Waals surface area (Å²) in [6.45, 7) is 7.98. The standard InChI is InChI=1S/C20H32ClN5O/c1-22-20(24-16-17-6-4-15-27-17)23-9-5-10-25-11-13-26(14-12-25)19-8-3-2-7-18(19)21/h2-3,7-8,17H,4-6,9-16H2,1H3,(H2,22,23,24). The topological polar surface area (TPSA) is 52.1 Å². The molecule has 1 unspecified atom stereocenters. The number of nitrogens with zero attached hydrogens (tertiary/aromatic N) is 3. The van der Waals surface area contributed by atoms with Crippen LogP contribution in [-0.2, 0) is 4.74 Å². The number of piperazine rings is 1. The van der Waals surface area contributed by atoms with Crippen LogP contribution >= 0.6 is 11.6 Å². The van der Waals surface area contributed by atoms with E-state index in [0.29, 0.717) is 6.10 Å². The molecule has 0 aliphatic carbocycles. The maximum Gasteiger partial charge on any atom is 0.191 e. The van der Waals surface area contributed by atoms with Crippen molar-refractivity contribution in [3.8, 4) is 0 Å². The zero-order chi connectivity index (χ0) is 18.9. The van der Waals surface area contributed by atoms with Gasteiger partial charge in [0.1, 0.15) is 0 Å². The molecule has 6 nitrogen and oxygen atoms in total. The number of halogens is 1. The van der Waals surface area contributed by atoms with Crippen LogP contribution in [0.2, 0.25) is 5.02 Å². The van der Waals surface area contributed by atoms with Gasteiger partial charge in [0.05, 0.1) is 16.8 Å². The summed E-state index contributed by atoms with van der Waals surface area (Å²) in [6, 6.07) is 8.11. The van der Waals surface area contributed by atoms with Gasteiger partial charge in [-0.3, -0.25) is 9.89 Å². The Labute approximate surface area is 167 Å². The van der Waals surface area contributed by atoms with Crippen LogP contribution in [0.5, 0.6) is 0 Å². The Hall–Kier alpha value is -1.50. The van der Waals surface area contributed by atoms with Gasteiger partial charge >= 0.3 is 0 Å². The van der Waals surface area contributed by atoms with E-state index in [1.54, 1.807) is 0 Å². The van der Waals surface area contributed by atoms with Crippen molar-refractivity contribution in [3.05, 3.63) is 29.3 Å². The lowest BCUT2D eigenvalue weighted by Gasteiger charge is -2.36. The molecule has 0 radical (unpaired) electrons. The van der Waals surface area contributed by atoms with Gasteiger partial charge in [0.2, 0.25) is 0 Å². The number of rotatable bonds is 7. The lowest BCUT2D eigenvalue weighted by Crippen LogP contribution is -2.47. The fraction of sp³-hybridized carbons (Fsp3) is 0.650. The van der Waals surface area contributed by atoms with Gasteiger partial charge in [0.25, 0.3) is 0 Å². The molecule has 27 heavy (non-hydrogen) atoms. The van der Waals surface area contributed by atoms with Crippen molar-refractivity contribution in [2.75, 3.05) is 64.4 Å². The summed E-state index contributed by atoms with van der Waals surface area (Å²) >= 11 is 6.32. The largest absolute Gasteiger partial charge is 0.376 e. The number of benzene rings is 1. The number of guanidine groups is 1. The Morgan fingerprint density at radius 3 is 2.74 bits per heavy atom. The first kappa shape index (κ1) is 20.2. The molecule has 2 aliphatic rings. The Balaban J connectivity index is 1.29. The number of aliphatic imine (C=N–C) groups is 1. The summed E-state index contributed by atoms with van der Waals surface area (Å²) < 4.78 is 5.64. The third-order valence-electron chi connectivity index (χ3n) is 5.25. The highest BCUT2D eigenvalue weighted by Gasteiger charge is 2.18. The van der Waals surface area contributed by atoms with Gasteiger partial charge < -0.3 is 20.3 Å². The van der Waals surface area contributed by atoms with E-state index in [1.807, 2.05) is 19.2 Å². The SMILES string of the molecule is CN=C(NCCCN1CCN(c2ccccc2Cl)CC1)NCC1CCCO1. The predicted molar refractivity (Wildman–Crippen MR) is 113 cm³/mol. The Kier molecular flexibility index (Phi) is 8.05. The molecule has 2 heterocycles. The van der Waals surface area contributed by atoms with Crippen molar-refractivity contribution in [2.24, 2.45) is 4.99 Å². The van der Waals surface area contributed by atoms with E-state index in [4.69, 9.17) is 16.3 Å². The van der Waals surface area contributed by atoms with E-state index in [0.717, 1.165) is 81.9 Å². The summed E-state index contributed by atoms with van der Waals surface area (Å²) in [6.07, 6.45) is 3.75. The number of anilines is 1. The fourth-order valence-corrected chi connectivity index (χ4v) is 3.92. The third kappa shape index (κ3) is 6.26.